The summed E-state index contributed by atoms with van der Waals surface area (Å²) in [5, 5.41) is 3.09. The summed E-state index contributed by atoms with van der Waals surface area (Å²) in [7, 11) is 0. The first-order chi connectivity index (χ1) is 17.3. The third-order valence-corrected chi connectivity index (χ3v) is 7.24. The number of carbonyl (C=O) groups excluding carboxylic acids is 3. The molecule has 0 spiro atoms. The van der Waals surface area contributed by atoms with Crippen molar-refractivity contribution in [2.75, 3.05) is 18.0 Å². The van der Waals surface area contributed by atoms with Crippen LogP contribution in [0.3, 0.4) is 0 Å². The minimum absolute atomic E-state index is 0.0350. The maximum absolute atomic E-state index is 14.1. The van der Waals surface area contributed by atoms with E-state index in [0.717, 1.165) is 15.6 Å². The molecule has 0 unspecified atom stereocenters. The Labute approximate surface area is 220 Å². The second kappa shape index (κ2) is 11.1. The number of likely N-dealkylation sites (tertiary alicyclic amines) is 1. The van der Waals surface area contributed by atoms with E-state index in [1.807, 2.05) is 73.7 Å². The van der Waals surface area contributed by atoms with Crippen LogP contribution in [-0.4, -0.2) is 41.2 Å². The highest BCUT2D eigenvalue weighted by Gasteiger charge is 2.49. The average molecular weight is 548 g/mol. The van der Waals surface area contributed by atoms with Gasteiger partial charge in [0.25, 0.3) is 5.91 Å². The Balaban J connectivity index is 1.77. The number of hydrogen-bond donors (Lipinski definition) is 1. The molecule has 3 aromatic carbocycles. The quantitative estimate of drug-likeness (QED) is 0.466. The molecule has 0 aromatic heterocycles. The summed E-state index contributed by atoms with van der Waals surface area (Å²) in [6.07, 6.45) is 0.661. The summed E-state index contributed by atoms with van der Waals surface area (Å²) in [6, 6.07) is 24.5. The van der Waals surface area contributed by atoms with Crippen LogP contribution in [0.5, 0.6) is 0 Å². The van der Waals surface area contributed by atoms with Gasteiger partial charge in [0.15, 0.2) is 0 Å². The number of nitrogens with one attached hydrogen (secondary N) is 1. The molecule has 1 fully saturated rings. The number of amides is 3. The molecule has 0 radical (unpaired) electrons. The SMILES string of the molecule is CC(=O)N1CCC(C(=O)NCc2ccccc2)(N(C(=O)c2ccc(C)cc2)c2cccc(Br)c2)CC1. The molecule has 1 aliphatic heterocycles. The van der Waals surface area contributed by atoms with Gasteiger partial charge in [-0.3, -0.25) is 19.3 Å². The highest BCUT2D eigenvalue weighted by molar-refractivity contribution is 9.10. The molecule has 4 rings (SSSR count). The van der Waals surface area contributed by atoms with Crippen LogP contribution in [0, 0.1) is 6.92 Å². The first kappa shape index (κ1) is 25.6. The molecule has 36 heavy (non-hydrogen) atoms. The lowest BCUT2D eigenvalue weighted by Gasteiger charge is -2.47. The molecule has 0 aliphatic carbocycles. The van der Waals surface area contributed by atoms with Gasteiger partial charge < -0.3 is 10.2 Å². The molecule has 0 bridgehead atoms. The number of aryl methyl sites for hydroxylation is 1. The van der Waals surface area contributed by atoms with E-state index in [0.29, 0.717) is 43.7 Å². The topological polar surface area (TPSA) is 69.7 Å². The largest absolute Gasteiger partial charge is 0.350 e. The zero-order valence-electron chi connectivity index (χ0n) is 20.5. The maximum Gasteiger partial charge on any atom is 0.259 e. The molecule has 1 heterocycles. The fraction of sp³-hybridized carbons (Fsp3) is 0.276. The molecular weight excluding hydrogens is 518 g/mol. The second-order valence-electron chi connectivity index (χ2n) is 9.19. The molecule has 7 heteroatoms. The van der Waals surface area contributed by atoms with Crippen molar-refractivity contribution in [2.24, 2.45) is 0 Å². The zero-order valence-corrected chi connectivity index (χ0v) is 22.1. The molecule has 186 valence electrons. The van der Waals surface area contributed by atoms with Crippen LogP contribution in [0.25, 0.3) is 0 Å². The van der Waals surface area contributed by atoms with E-state index in [4.69, 9.17) is 0 Å². The first-order valence-corrected chi connectivity index (χ1v) is 12.8. The Kier molecular flexibility index (Phi) is 7.89. The Morgan fingerprint density at radius 2 is 1.61 bits per heavy atom. The predicted molar refractivity (Wildman–Crippen MR) is 145 cm³/mol. The van der Waals surface area contributed by atoms with E-state index < -0.39 is 5.54 Å². The number of rotatable bonds is 6. The van der Waals surface area contributed by atoms with Crippen LogP contribution in [-0.2, 0) is 16.1 Å². The predicted octanol–water partition coefficient (Wildman–Crippen LogP) is 5.10. The normalized spacial score (nSPS) is 14.7. The average Bonchev–Trinajstić information content (AvgIpc) is 2.88. The maximum atomic E-state index is 14.1. The van der Waals surface area contributed by atoms with Gasteiger partial charge in [0.1, 0.15) is 5.54 Å². The highest BCUT2D eigenvalue weighted by Crippen LogP contribution is 2.36. The van der Waals surface area contributed by atoms with E-state index in [9.17, 15) is 14.4 Å². The fourth-order valence-corrected chi connectivity index (χ4v) is 5.07. The highest BCUT2D eigenvalue weighted by atomic mass is 79.9. The Morgan fingerprint density at radius 3 is 2.22 bits per heavy atom. The smallest absolute Gasteiger partial charge is 0.259 e. The lowest BCUT2D eigenvalue weighted by Crippen LogP contribution is -2.65. The van der Waals surface area contributed by atoms with Gasteiger partial charge in [-0.25, -0.2) is 0 Å². The van der Waals surface area contributed by atoms with Crippen molar-refractivity contribution in [3.63, 3.8) is 0 Å². The van der Waals surface area contributed by atoms with Gasteiger partial charge in [-0.1, -0.05) is 70.0 Å². The van der Waals surface area contributed by atoms with Crippen LogP contribution in [0.15, 0.2) is 83.3 Å². The van der Waals surface area contributed by atoms with Crippen LogP contribution in [0.2, 0.25) is 0 Å². The van der Waals surface area contributed by atoms with E-state index >= 15 is 0 Å². The number of carbonyl (C=O) groups is 3. The Morgan fingerprint density at radius 1 is 0.944 bits per heavy atom. The molecule has 6 nitrogen and oxygen atoms in total. The van der Waals surface area contributed by atoms with Gasteiger partial charge >= 0.3 is 0 Å². The summed E-state index contributed by atoms with van der Waals surface area (Å²) in [5.41, 5.74) is 1.99. The first-order valence-electron chi connectivity index (χ1n) is 12.0. The third kappa shape index (κ3) is 5.51. The standard InChI is InChI=1S/C29H30BrN3O3/c1-21-11-13-24(14-12-21)27(35)33(26-10-6-9-25(30)19-26)29(15-17-32(18-16-29)22(2)34)28(36)31-20-23-7-4-3-5-8-23/h3-14,19H,15-18,20H2,1-2H3,(H,31,36). The summed E-state index contributed by atoms with van der Waals surface area (Å²) < 4.78 is 0.808. The third-order valence-electron chi connectivity index (χ3n) is 6.75. The minimum Gasteiger partial charge on any atom is -0.350 e. The van der Waals surface area contributed by atoms with E-state index in [2.05, 4.69) is 21.2 Å². The van der Waals surface area contributed by atoms with Gasteiger partial charge in [0.2, 0.25) is 11.8 Å². The van der Waals surface area contributed by atoms with Crippen molar-refractivity contribution < 1.29 is 14.4 Å². The van der Waals surface area contributed by atoms with Gasteiger partial charge in [-0.05, 0) is 55.7 Å². The lowest BCUT2D eigenvalue weighted by molar-refractivity contribution is -0.135. The van der Waals surface area contributed by atoms with Crippen molar-refractivity contribution in [3.05, 3.63) is 100 Å². The fourth-order valence-electron chi connectivity index (χ4n) is 4.69. The molecule has 0 saturated carbocycles. The number of nitrogens with zero attached hydrogens (tertiary/aromatic N) is 2. The number of hydrogen-bond acceptors (Lipinski definition) is 3. The van der Waals surface area contributed by atoms with Crippen LogP contribution >= 0.6 is 15.9 Å². The minimum atomic E-state index is -1.16. The van der Waals surface area contributed by atoms with Gasteiger partial charge in [-0.15, -0.1) is 0 Å². The Hall–Kier alpha value is -3.45. The van der Waals surface area contributed by atoms with E-state index in [-0.39, 0.29) is 17.7 Å². The van der Waals surface area contributed by atoms with Crippen LogP contribution < -0.4 is 10.2 Å². The summed E-state index contributed by atoms with van der Waals surface area (Å²) in [5.74, 6) is -0.513. The summed E-state index contributed by atoms with van der Waals surface area (Å²) >= 11 is 3.52. The summed E-state index contributed by atoms with van der Waals surface area (Å²) in [6.45, 7) is 4.63. The monoisotopic (exact) mass is 547 g/mol. The van der Waals surface area contributed by atoms with E-state index in [1.54, 1.807) is 21.9 Å². The number of halogens is 1. The number of anilines is 1. The summed E-state index contributed by atoms with van der Waals surface area (Å²) in [4.78, 5) is 43.6. The number of piperidine rings is 1. The van der Waals surface area contributed by atoms with Crippen molar-refractivity contribution in [2.45, 2.75) is 38.8 Å². The van der Waals surface area contributed by atoms with Crippen molar-refractivity contribution in [1.29, 1.82) is 0 Å². The molecule has 1 N–H and O–H groups in total. The molecule has 1 saturated heterocycles. The molecule has 3 amide bonds. The van der Waals surface area contributed by atoms with E-state index in [1.165, 1.54) is 6.92 Å². The van der Waals surface area contributed by atoms with Gasteiger partial charge in [0.05, 0.1) is 0 Å². The van der Waals surface area contributed by atoms with Crippen molar-refractivity contribution >= 4 is 39.3 Å². The molecule has 1 aliphatic rings. The number of benzene rings is 3. The zero-order chi connectivity index (χ0) is 25.7. The van der Waals surface area contributed by atoms with Gasteiger partial charge in [0, 0.05) is 42.3 Å². The van der Waals surface area contributed by atoms with Gasteiger partial charge in [-0.2, -0.15) is 0 Å². The molecular formula is C29H30BrN3O3. The van der Waals surface area contributed by atoms with Crippen LogP contribution in [0.4, 0.5) is 5.69 Å². The van der Waals surface area contributed by atoms with Crippen molar-refractivity contribution in [3.8, 4) is 0 Å². The van der Waals surface area contributed by atoms with Crippen LogP contribution in [0.1, 0.15) is 41.3 Å². The molecule has 3 aromatic rings. The molecule has 0 atom stereocenters. The lowest BCUT2D eigenvalue weighted by atomic mass is 9.83. The van der Waals surface area contributed by atoms with Crippen molar-refractivity contribution in [1.82, 2.24) is 10.2 Å². The Bertz CT molecular complexity index is 1240. The second-order valence-corrected chi connectivity index (χ2v) is 10.1.